The maximum atomic E-state index is 13.9. The van der Waals surface area contributed by atoms with Crippen LogP contribution < -0.4 is 10.6 Å². The molecule has 35 heavy (non-hydrogen) atoms. The van der Waals surface area contributed by atoms with Gasteiger partial charge in [0, 0.05) is 37.8 Å². The number of rotatable bonds is 6. The summed E-state index contributed by atoms with van der Waals surface area (Å²) in [5.41, 5.74) is 7.94. The molecule has 0 saturated carbocycles. The highest BCUT2D eigenvalue weighted by molar-refractivity contribution is 6.01. The van der Waals surface area contributed by atoms with Gasteiger partial charge < -0.3 is 20.1 Å². The smallest absolute Gasteiger partial charge is 0.272 e. The largest absolute Gasteiger partial charge is 0.355 e. The van der Waals surface area contributed by atoms with Gasteiger partial charge in [0.15, 0.2) is 0 Å². The molecule has 1 fully saturated rings. The third-order valence-corrected chi connectivity index (χ3v) is 6.34. The number of carbonyl (C=O) groups is 1. The maximum absolute atomic E-state index is 13.9. The average Bonchev–Trinajstić information content (AvgIpc) is 3.20. The van der Waals surface area contributed by atoms with Crippen molar-refractivity contribution in [1.29, 1.82) is 5.26 Å². The highest BCUT2D eigenvalue weighted by Crippen LogP contribution is 2.38. The van der Waals surface area contributed by atoms with E-state index in [1.165, 1.54) is 0 Å². The second kappa shape index (κ2) is 10.4. The van der Waals surface area contributed by atoms with E-state index in [0.29, 0.717) is 30.2 Å². The van der Waals surface area contributed by atoms with E-state index in [0.717, 1.165) is 35.9 Å². The van der Waals surface area contributed by atoms with Crippen molar-refractivity contribution in [3.63, 3.8) is 0 Å². The molecule has 1 atom stereocenters. The molecule has 1 aromatic carbocycles. The molecule has 0 bridgehead atoms. The number of fused-ring (bicyclic) bond motifs is 1. The van der Waals surface area contributed by atoms with E-state index in [1.54, 1.807) is 29.6 Å². The molecule has 2 aromatic heterocycles. The number of hydrogen-bond acceptors (Lipinski definition) is 6. The van der Waals surface area contributed by atoms with Crippen molar-refractivity contribution < 1.29 is 4.79 Å². The van der Waals surface area contributed by atoms with Crippen LogP contribution in [0.2, 0.25) is 0 Å². The number of pyridine rings is 1. The van der Waals surface area contributed by atoms with Gasteiger partial charge in [0.05, 0.1) is 18.8 Å². The molecule has 1 aliphatic rings. The SMILES string of the molecule is C=Nc1c(C#N)c(N2CCC[C@@H](N)C2)n(CC#CC)c1C(=O)N(C)Cc1nccc2ccccc12. The zero-order valence-electron chi connectivity index (χ0n) is 20.2. The lowest BCUT2D eigenvalue weighted by Crippen LogP contribution is -2.44. The van der Waals surface area contributed by atoms with Gasteiger partial charge in [-0.2, -0.15) is 5.26 Å². The Balaban J connectivity index is 1.79. The molecular formula is C27H29N7O. The van der Waals surface area contributed by atoms with E-state index in [9.17, 15) is 10.1 Å². The Labute approximate surface area is 205 Å². The van der Waals surface area contributed by atoms with Gasteiger partial charge in [-0.3, -0.25) is 14.8 Å². The van der Waals surface area contributed by atoms with Crippen molar-refractivity contribution in [2.24, 2.45) is 10.7 Å². The lowest BCUT2D eigenvalue weighted by Gasteiger charge is -2.33. The number of nitrogens with two attached hydrogens (primary N) is 1. The van der Waals surface area contributed by atoms with E-state index in [1.807, 2.05) is 30.3 Å². The van der Waals surface area contributed by atoms with Gasteiger partial charge >= 0.3 is 0 Å². The first-order valence-corrected chi connectivity index (χ1v) is 11.6. The Hall–Kier alpha value is -4.14. The molecular weight excluding hydrogens is 438 g/mol. The first-order chi connectivity index (χ1) is 17.0. The van der Waals surface area contributed by atoms with Crippen LogP contribution in [-0.2, 0) is 13.1 Å². The van der Waals surface area contributed by atoms with E-state index in [4.69, 9.17) is 5.73 Å². The monoisotopic (exact) mass is 467 g/mol. The van der Waals surface area contributed by atoms with Crippen LogP contribution >= 0.6 is 0 Å². The van der Waals surface area contributed by atoms with Gasteiger partial charge in [0.25, 0.3) is 5.91 Å². The number of piperidine rings is 1. The number of nitrogens with zero attached hydrogens (tertiary/aromatic N) is 6. The topological polar surface area (TPSA) is 104 Å². The van der Waals surface area contributed by atoms with Gasteiger partial charge in [-0.15, -0.1) is 5.92 Å². The first-order valence-electron chi connectivity index (χ1n) is 11.6. The van der Waals surface area contributed by atoms with Gasteiger partial charge in [-0.1, -0.05) is 30.2 Å². The molecule has 8 nitrogen and oxygen atoms in total. The van der Waals surface area contributed by atoms with Crippen LogP contribution in [0.25, 0.3) is 10.8 Å². The average molecular weight is 468 g/mol. The van der Waals surface area contributed by atoms with Crippen molar-refractivity contribution in [3.8, 4) is 17.9 Å². The fourth-order valence-electron chi connectivity index (χ4n) is 4.70. The summed E-state index contributed by atoms with van der Waals surface area (Å²) in [7, 11) is 1.73. The summed E-state index contributed by atoms with van der Waals surface area (Å²) in [6, 6.07) is 12.2. The number of carbonyl (C=O) groups excluding carboxylic acids is 1. The highest BCUT2D eigenvalue weighted by Gasteiger charge is 2.32. The van der Waals surface area contributed by atoms with Gasteiger partial charge in [0.1, 0.15) is 28.8 Å². The van der Waals surface area contributed by atoms with Crippen LogP contribution in [-0.4, -0.2) is 53.3 Å². The van der Waals surface area contributed by atoms with Crippen LogP contribution in [0.5, 0.6) is 0 Å². The normalized spacial score (nSPS) is 15.3. The minimum atomic E-state index is -0.274. The van der Waals surface area contributed by atoms with Crippen molar-refractivity contribution in [2.75, 3.05) is 25.0 Å². The predicted octanol–water partition coefficient (Wildman–Crippen LogP) is 3.46. The fourth-order valence-corrected chi connectivity index (χ4v) is 4.70. The molecule has 0 unspecified atom stereocenters. The van der Waals surface area contributed by atoms with Crippen molar-refractivity contribution >= 4 is 34.9 Å². The third-order valence-electron chi connectivity index (χ3n) is 6.34. The van der Waals surface area contributed by atoms with E-state index >= 15 is 0 Å². The van der Waals surface area contributed by atoms with Crippen LogP contribution in [0.3, 0.4) is 0 Å². The number of aromatic nitrogens is 2. The van der Waals surface area contributed by atoms with Gasteiger partial charge in [-0.05, 0) is 37.9 Å². The molecule has 1 aliphatic heterocycles. The van der Waals surface area contributed by atoms with Gasteiger partial charge in [0.2, 0.25) is 0 Å². The number of amides is 1. The van der Waals surface area contributed by atoms with Crippen molar-refractivity contribution in [2.45, 2.75) is 38.9 Å². The fraction of sp³-hybridized carbons (Fsp3) is 0.333. The number of benzene rings is 1. The van der Waals surface area contributed by atoms with Crippen LogP contribution in [0.15, 0.2) is 41.5 Å². The Bertz CT molecular complexity index is 1370. The minimum Gasteiger partial charge on any atom is -0.355 e. The third kappa shape index (κ3) is 4.62. The van der Waals surface area contributed by atoms with E-state index in [2.05, 4.69) is 39.5 Å². The zero-order valence-corrected chi connectivity index (χ0v) is 20.2. The molecule has 0 aliphatic carbocycles. The molecule has 8 heteroatoms. The zero-order chi connectivity index (χ0) is 24.9. The quantitative estimate of drug-likeness (QED) is 0.442. The van der Waals surface area contributed by atoms with Crippen molar-refractivity contribution in [1.82, 2.24) is 14.5 Å². The second-order valence-electron chi connectivity index (χ2n) is 8.67. The molecule has 3 aromatic rings. The molecule has 3 heterocycles. The Morgan fingerprint density at radius 1 is 1.37 bits per heavy atom. The lowest BCUT2D eigenvalue weighted by atomic mass is 10.1. The summed E-state index contributed by atoms with van der Waals surface area (Å²) in [4.78, 5) is 26.2. The predicted molar refractivity (Wildman–Crippen MR) is 139 cm³/mol. The maximum Gasteiger partial charge on any atom is 0.272 e. The molecule has 0 radical (unpaired) electrons. The van der Waals surface area contributed by atoms with Gasteiger partial charge in [-0.25, -0.2) is 0 Å². The van der Waals surface area contributed by atoms with E-state index in [-0.39, 0.29) is 24.2 Å². The van der Waals surface area contributed by atoms with E-state index < -0.39 is 0 Å². The number of hydrogen-bond donors (Lipinski definition) is 1. The lowest BCUT2D eigenvalue weighted by molar-refractivity contribution is 0.0775. The van der Waals surface area contributed by atoms with Crippen LogP contribution in [0.1, 0.15) is 41.5 Å². The molecule has 1 saturated heterocycles. The Morgan fingerprint density at radius 2 is 2.17 bits per heavy atom. The summed E-state index contributed by atoms with van der Waals surface area (Å²) in [6.07, 6.45) is 3.58. The molecule has 0 spiro atoms. The molecule has 2 N–H and O–H groups in total. The highest BCUT2D eigenvalue weighted by atomic mass is 16.2. The molecule has 4 rings (SSSR count). The Morgan fingerprint density at radius 3 is 2.89 bits per heavy atom. The summed E-state index contributed by atoms with van der Waals surface area (Å²) in [6.45, 7) is 7.32. The molecule has 178 valence electrons. The van der Waals surface area contributed by atoms with Crippen LogP contribution in [0.4, 0.5) is 11.5 Å². The Kier molecular flexibility index (Phi) is 7.14. The summed E-state index contributed by atoms with van der Waals surface area (Å²) in [5.74, 6) is 6.31. The first kappa shape index (κ1) is 24.0. The summed E-state index contributed by atoms with van der Waals surface area (Å²) >= 11 is 0. The summed E-state index contributed by atoms with van der Waals surface area (Å²) in [5, 5.41) is 12.1. The second-order valence-corrected chi connectivity index (χ2v) is 8.67. The number of aliphatic imine (C=N–C) groups is 1. The summed E-state index contributed by atoms with van der Waals surface area (Å²) < 4.78 is 1.80. The minimum absolute atomic E-state index is 0.00435. The standard InChI is InChI=1S/C27H29N7O/c1-4-5-15-34-25(24(30-2)22(16-28)26(34)33-14-8-10-20(29)17-33)27(35)32(3)18-23-21-11-7-6-9-19(21)12-13-31-23/h6-7,9,11-13,20H,2,8,10,14-15,17-18,29H2,1,3H3/t20-/m1/s1. The molecule has 1 amide bonds. The number of anilines is 1. The van der Waals surface area contributed by atoms with Crippen molar-refractivity contribution in [3.05, 3.63) is 53.5 Å². The van der Waals surface area contributed by atoms with Crippen LogP contribution in [0, 0.1) is 23.2 Å². The number of nitriles is 1.